The third-order valence-electron chi connectivity index (χ3n) is 6.96. The van der Waals surface area contributed by atoms with E-state index >= 15 is 0 Å². The van der Waals surface area contributed by atoms with Crippen molar-refractivity contribution >= 4 is 11.8 Å². The van der Waals surface area contributed by atoms with Crippen molar-refractivity contribution in [3.05, 3.63) is 59.7 Å². The summed E-state index contributed by atoms with van der Waals surface area (Å²) >= 11 is 0. The highest BCUT2D eigenvalue weighted by Crippen LogP contribution is 2.42. The highest BCUT2D eigenvalue weighted by atomic mass is 16.3. The number of carbonyl (C=O) groups is 2. The summed E-state index contributed by atoms with van der Waals surface area (Å²) in [6, 6.07) is 16.5. The molecule has 4 rings (SSSR count). The van der Waals surface area contributed by atoms with Crippen LogP contribution >= 0.6 is 0 Å². The third kappa shape index (κ3) is 4.30. The fraction of sp³-hybridized carbons (Fsp3) is 0.462. The van der Waals surface area contributed by atoms with Gasteiger partial charge in [0, 0.05) is 57.7 Å². The Bertz CT molecular complexity index is 973. The fourth-order valence-corrected chi connectivity index (χ4v) is 5.21. The fourth-order valence-electron chi connectivity index (χ4n) is 5.21. The van der Waals surface area contributed by atoms with Crippen LogP contribution in [0, 0.1) is 0 Å². The van der Waals surface area contributed by atoms with Crippen LogP contribution in [0.25, 0.3) is 11.1 Å². The first kappa shape index (κ1) is 22.5. The SMILES string of the molecule is CC(=O)N1CCCCN2[C@@H](CO)[C@H](c3ccc(-c4cccc(C(=O)N(C)C)c4)cc3)[C@@H]2C1. The lowest BCUT2D eigenvalue weighted by Crippen LogP contribution is -2.67. The Morgan fingerprint density at radius 3 is 2.41 bits per heavy atom. The summed E-state index contributed by atoms with van der Waals surface area (Å²) in [6.45, 7) is 4.28. The lowest BCUT2D eigenvalue weighted by atomic mass is 9.74. The predicted molar refractivity (Wildman–Crippen MR) is 125 cm³/mol. The molecule has 3 atom stereocenters. The molecule has 32 heavy (non-hydrogen) atoms. The minimum Gasteiger partial charge on any atom is -0.395 e. The van der Waals surface area contributed by atoms with Gasteiger partial charge in [-0.05, 0) is 48.2 Å². The molecule has 0 spiro atoms. The topological polar surface area (TPSA) is 64.1 Å². The number of aliphatic hydroxyl groups is 1. The van der Waals surface area contributed by atoms with Crippen molar-refractivity contribution in [2.24, 2.45) is 0 Å². The predicted octanol–water partition coefficient (Wildman–Crippen LogP) is 2.83. The molecule has 0 unspecified atom stereocenters. The Balaban J connectivity index is 1.57. The maximum absolute atomic E-state index is 12.3. The van der Waals surface area contributed by atoms with Crippen LogP contribution in [-0.2, 0) is 4.79 Å². The van der Waals surface area contributed by atoms with Crippen LogP contribution in [0.4, 0.5) is 0 Å². The molecule has 2 aliphatic heterocycles. The number of amides is 2. The van der Waals surface area contributed by atoms with Gasteiger partial charge in [-0.3, -0.25) is 14.5 Å². The second-order valence-electron chi connectivity index (χ2n) is 9.16. The van der Waals surface area contributed by atoms with Gasteiger partial charge in [0.25, 0.3) is 5.91 Å². The van der Waals surface area contributed by atoms with Crippen molar-refractivity contribution < 1.29 is 14.7 Å². The van der Waals surface area contributed by atoms with E-state index in [-0.39, 0.29) is 36.4 Å². The summed E-state index contributed by atoms with van der Waals surface area (Å²) < 4.78 is 0. The maximum Gasteiger partial charge on any atom is 0.253 e. The molecular weight excluding hydrogens is 402 g/mol. The van der Waals surface area contributed by atoms with Crippen LogP contribution in [0.5, 0.6) is 0 Å². The summed E-state index contributed by atoms with van der Waals surface area (Å²) in [5.41, 5.74) is 3.93. The first-order chi connectivity index (χ1) is 15.4. The van der Waals surface area contributed by atoms with Crippen LogP contribution in [-0.4, -0.2) is 84.0 Å². The van der Waals surface area contributed by atoms with Crippen molar-refractivity contribution in [1.82, 2.24) is 14.7 Å². The van der Waals surface area contributed by atoms with Gasteiger partial charge < -0.3 is 14.9 Å². The molecule has 0 saturated carbocycles. The Hall–Kier alpha value is -2.70. The van der Waals surface area contributed by atoms with E-state index in [9.17, 15) is 14.7 Å². The van der Waals surface area contributed by atoms with Gasteiger partial charge in [0.1, 0.15) is 0 Å². The van der Waals surface area contributed by atoms with Crippen LogP contribution in [0.2, 0.25) is 0 Å². The number of rotatable bonds is 4. The summed E-state index contributed by atoms with van der Waals surface area (Å²) in [5.74, 6) is 0.319. The first-order valence-electron chi connectivity index (χ1n) is 11.4. The van der Waals surface area contributed by atoms with E-state index in [1.54, 1.807) is 25.9 Å². The van der Waals surface area contributed by atoms with Gasteiger partial charge in [0.05, 0.1) is 6.61 Å². The highest BCUT2D eigenvalue weighted by Gasteiger charge is 2.49. The van der Waals surface area contributed by atoms with Gasteiger partial charge in [-0.15, -0.1) is 0 Å². The van der Waals surface area contributed by atoms with Crippen LogP contribution < -0.4 is 0 Å². The minimum absolute atomic E-state index is 0.0110. The average Bonchev–Trinajstić information content (AvgIpc) is 2.77. The molecule has 2 aliphatic rings. The number of benzene rings is 2. The molecule has 2 heterocycles. The number of aliphatic hydroxyl groups excluding tert-OH is 1. The van der Waals surface area contributed by atoms with Crippen LogP contribution in [0.15, 0.2) is 48.5 Å². The minimum atomic E-state index is -0.0110. The Kier molecular flexibility index (Phi) is 6.63. The Morgan fingerprint density at radius 1 is 1.03 bits per heavy atom. The lowest BCUT2D eigenvalue weighted by molar-refractivity contribution is -0.134. The quantitative estimate of drug-likeness (QED) is 0.802. The first-order valence-corrected chi connectivity index (χ1v) is 11.4. The standard InChI is InChI=1S/C26H33N3O3/c1-18(31)28-13-4-5-14-29-23(16-28)25(24(29)17-30)20-11-9-19(10-12-20)21-7-6-8-22(15-21)26(32)27(2)3/h6-12,15,23-25,30H,4-5,13-14,16-17H2,1-3H3/t23-,24-,25+/m0/s1. The number of hydrogen-bond donors (Lipinski definition) is 1. The largest absolute Gasteiger partial charge is 0.395 e. The van der Waals surface area contributed by atoms with Crippen molar-refractivity contribution in [2.75, 3.05) is 40.3 Å². The van der Waals surface area contributed by atoms with Gasteiger partial charge >= 0.3 is 0 Å². The zero-order valence-corrected chi connectivity index (χ0v) is 19.2. The lowest BCUT2D eigenvalue weighted by Gasteiger charge is -2.57. The van der Waals surface area contributed by atoms with Crippen molar-refractivity contribution in [1.29, 1.82) is 0 Å². The highest BCUT2D eigenvalue weighted by molar-refractivity contribution is 5.95. The Morgan fingerprint density at radius 2 is 1.75 bits per heavy atom. The van der Waals surface area contributed by atoms with Crippen LogP contribution in [0.3, 0.4) is 0 Å². The summed E-state index contributed by atoms with van der Waals surface area (Å²) in [6.07, 6.45) is 2.06. The van der Waals surface area contributed by atoms with Gasteiger partial charge in [-0.25, -0.2) is 0 Å². The second kappa shape index (κ2) is 9.43. The number of hydrogen-bond acceptors (Lipinski definition) is 4. The molecule has 2 aromatic rings. The van der Waals surface area contributed by atoms with Gasteiger partial charge in [0.2, 0.25) is 5.91 Å². The van der Waals surface area contributed by atoms with Crippen molar-refractivity contribution in [3.63, 3.8) is 0 Å². The molecule has 2 saturated heterocycles. The molecule has 2 amide bonds. The van der Waals surface area contributed by atoms with E-state index in [1.807, 2.05) is 29.2 Å². The molecule has 0 aliphatic carbocycles. The van der Waals surface area contributed by atoms with E-state index < -0.39 is 0 Å². The second-order valence-corrected chi connectivity index (χ2v) is 9.16. The zero-order valence-electron chi connectivity index (χ0n) is 19.2. The van der Waals surface area contributed by atoms with Crippen molar-refractivity contribution in [2.45, 2.75) is 37.8 Å². The van der Waals surface area contributed by atoms with Gasteiger partial charge in [-0.2, -0.15) is 0 Å². The molecule has 6 nitrogen and oxygen atoms in total. The molecule has 6 heteroatoms. The zero-order chi connectivity index (χ0) is 22.8. The molecular formula is C26H33N3O3. The van der Waals surface area contributed by atoms with E-state index in [4.69, 9.17) is 0 Å². The average molecular weight is 436 g/mol. The van der Waals surface area contributed by atoms with Gasteiger partial charge in [0.15, 0.2) is 0 Å². The Labute approximate surface area is 190 Å². The monoisotopic (exact) mass is 435 g/mol. The number of carbonyl (C=O) groups excluding carboxylic acids is 2. The smallest absolute Gasteiger partial charge is 0.253 e. The van der Waals surface area contributed by atoms with E-state index in [1.165, 1.54) is 5.56 Å². The molecule has 0 aromatic heterocycles. The third-order valence-corrected chi connectivity index (χ3v) is 6.96. The van der Waals surface area contributed by atoms with E-state index in [0.717, 1.165) is 37.1 Å². The molecule has 2 aromatic carbocycles. The summed E-state index contributed by atoms with van der Waals surface area (Å²) in [5, 5.41) is 10.1. The number of nitrogens with zero attached hydrogens (tertiary/aromatic N) is 3. The van der Waals surface area contributed by atoms with E-state index in [2.05, 4.69) is 29.2 Å². The number of fused-ring (bicyclic) bond motifs is 1. The summed E-state index contributed by atoms with van der Waals surface area (Å²) in [4.78, 5) is 30.3. The molecule has 0 bridgehead atoms. The van der Waals surface area contributed by atoms with Crippen molar-refractivity contribution in [3.8, 4) is 11.1 Å². The molecule has 0 radical (unpaired) electrons. The van der Waals surface area contributed by atoms with E-state index in [0.29, 0.717) is 12.1 Å². The maximum atomic E-state index is 12.3. The normalized spacial score (nSPS) is 23.5. The molecule has 2 fully saturated rings. The van der Waals surface area contributed by atoms with Gasteiger partial charge in [-0.1, -0.05) is 36.4 Å². The summed E-state index contributed by atoms with van der Waals surface area (Å²) in [7, 11) is 3.51. The molecule has 1 N–H and O–H groups in total. The molecule has 170 valence electrons. The van der Waals surface area contributed by atoms with Crippen LogP contribution in [0.1, 0.15) is 41.6 Å².